The number of amides is 1. The highest BCUT2D eigenvalue weighted by atomic mass is 19.1. The fourth-order valence-electron chi connectivity index (χ4n) is 2.89. The van der Waals surface area contributed by atoms with Crippen LogP contribution in [0.3, 0.4) is 0 Å². The van der Waals surface area contributed by atoms with Crippen LogP contribution in [0.2, 0.25) is 0 Å². The number of carbonyl (C=O) groups excluding carboxylic acids is 1. The first-order valence-corrected chi connectivity index (χ1v) is 8.23. The number of anilines is 2. The average molecular weight is 356 g/mol. The third kappa shape index (κ3) is 3.21. The monoisotopic (exact) mass is 356 g/mol. The molecule has 1 fully saturated rings. The van der Waals surface area contributed by atoms with Gasteiger partial charge in [0.15, 0.2) is 11.3 Å². The molecule has 8 nitrogen and oxygen atoms in total. The summed E-state index contributed by atoms with van der Waals surface area (Å²) in [5, 5.41) is 7.16. The standard InChI is InChI=1S/C17H17FN6O2/c1-11-10-23(4-5-26-11)16-3-2-15-20-9-14(24(15)22-16)17(25)21-13-6-12(18)7-19-8-13/h2-3,6-9,11H,4-5,10H2,1H3,(H,21,25). The van der Waals surface area contributed by atoms with Crippen LogP contribution in [-0.2, 0) is 4.74 Å². The molecule has 0 saturated carbocycles. The summed E-state index contributed by atoms with van der Waals surface area (Å²) < 4.78 is 20.3. The van der Waals surface area contributed by atoms with E-state index in [1.54, 1.807) is 0 Å². The zero-order chi connectivity index (χ0) is 18.1. The Morgan fingerprint density at radius 2 is 2.23 bits per heavy atom. The predicted octanol–water partition coefficient (Wildman–Crippen LogP) is 1.74. The molecule has 9 heteroatoms. The van der Waals surface area contributed by atoms with E-state index in [-0.39, 0.29) is 17.5 Å². The molecule has 1 amide bonds. The highest BCUT2D eigenvalue weighted by molar-refractivity contribution is 6.03. The van der Waals surface area contributed by atoms with Crippen molar-refractivity contribution < 1.29 is 13.9 Å². The van der Waals surface area contributed by atoms with Gasteiger partial charge in [-0.2, -0.15) is 0 Å². The number of nitrogens with zero attached hydrogens (tertiary/aromatic N) is 5. The van der Waals surface area contributed by atoms with E-state index in [0.29, 0.717) is 12.3 Å². The SMILES string of the molecule is CC1CN(c2ccc3ncc(C(=O)Nc4cncc(F)c4)n3n2)CCO1. The number of carbonyl (C=O) groups is 1. The Morgan fingerprint density at radius 1 is 1.35 bits per heavy atom. The number of hydrogen-bond donors (Lipinski definition) is 1. The number of rotatable bonds is 3. The van der Waals surface area contributed by atoms with Crippen molar-refractivity contribution >= 4 is 23.1 Å². The van der Waals surface area contributed by atoms with Gasteiger partial charge < -0.3 is 15.0 Å². The summed E-state index contributed by atoms with van der Waals surface area (Å²) in [6, 6.07) is 4.88. The van der Waals surface area contributed by atoms with Crippen LogP contribution in [0.25, 0.3) is 5.65 Å². The first kappa shape index (κ1) is 16.4. The first-order valence-electron chi connectivity index (χ1n) is 8.23. The van der Waals surface area contributed by atoms with Gasteiger partial charge in [0, 0.05) is 19.2 Å². The van der Waals surface area contributed by atoms with Crippen molar-refractivity contribution in [3.63, 3.8) is 0 Å². The maximum atomic E-state index is 13.2. The van der Waals surface area contributed by atoms with Crippen LogP contribution in [0.5, 0.6) is 0 Å². The Kier molecular flexibility index (Phi) is 4.21. The molecular weight excluding hydrogens is 339 g/mol. The molecule has 1 saturated heterocycles. The molecule has 4 heterocycles. The van der Waals surface area contributed by atoms with Gasteiger partial charge in [-0.05, 0) is 19.1 Å². The highest BCUT2D eigenvalue weighted by Crippen LogP contribution is 2.17. The summed E-state index contributed by atoms with van der Waals surface area (Å²) >= 11 is 0. The molecule has 1 aliphatic heterocycles. The van der Waals surface area contributed by atoms with Crippen LogP contribution < -0.4 is 10.2 Å². The molecule has 4 rings (SSSR count). The Labute approximate surface area is 148 Å². The van der Waals surface area contributed by atoms with Crippen LogP contribution >= 0.6 is 0 Å². The number of fused-ring (bicyclic) bond motifs is 1. The number of morpholine rings is 1. The van der Waals surface area contributed by atoms with Gasteiger partial charge in [-0.1, -0.05) is 0 Å². The van der Waals surface area contributed by atoms with Crippen molar-refractivity contribution in [1.82, 2.24) is 19.6 Å². The minimum absolute atomic E-state index is 0.118. The number of nitrogens with one attached hydrogen (secondary N) is 1. The zero-order valence-electron chi connectivity index (χ0n) is 14.1. The summed E-state index contributed by atoms with van der Waals surface area (Å²) in [5.74, 6) is -0.222. The Morgan fingerprint density at radius 3 is 3.04 bits per heavy atom. The van der Waals surface area contributed by atoms with E-state index < -0.39 is 11.7 Å². The molecule has 1 atom stereocenters. The number of ether oxygens (including phenoxy) is 1. The van der Waals surface area contributed by atoms with E-state index >= 15 is 0 Å². The van der Waals surface area contributed by atoms with Gasteiger partial charge >= 0.3 is 0 Å². The smallest absolute Gasteiger partial charge is 0.276 e. The Bertz CT molecular complexity index is 959. The van der Waals surface area contributed by atoms with Crippen LogP contribution in [0.4, 0.5) is 15.9 Å². The molecule has 3 aromatic rings. The third-order valence-electron chi connectivity index (χ3n) is 4.11. The van der Waals surface area contributed by atoms with E-state index in [1.165, 1.54) is 23.0 Å². The van der Waals surface area contributed by atoms with Gasteiger partial charge in [-0.15, -0.1) is 5.10 Å². The van der Waals surface area contributed by atoms with E-state index in [9.17, 15) is 9.18 Å². The summed E-state index contributed by atoms with van der Waals surface area (Å²) in [6.07, 6.45) is 4.00. The molecule has 0 aliphatic carbocycles. The van der Waals surface area contributed by atoms with E-state index in [2.05, 4.69) is 25.3 Å². The summed E-state index contributed by atoms with van der Waals surface area (Å²) in [7, 11) is 0. The van der Waals surface area contributed by atoms with Gasteiger partial charge in [0.1, 0.15) is 11.6 Å². The molecule has 1 aliphatic rings. The van der Waals surface area contributed by atoms with Crippen LogP contribution in [0, 0.1) is 5.82 Å². The molecule has 1 unspecified atom stereocenters. The highest BCUT2D eigenvalue weighted by Gasteiger charge is 2.20. The number of pyridine rings is 1. The topological polar surface area (TPSA) is 84.7 Å². The maximum Gasteiger partial charge on any atom is 0.276 e. The van der Waals surface area contributed by atoms with Crippen LogP contribution in [0.15, 0.2) is 36.8 Å². The molecule has 0 bridgehead atoms. The first-order chi connectivity index (χ1) is 12.6. The predicted molar refractivity (Wildman–Crippen MR) is 92.8 cm³/mol. The van der Waals surface area contributed by atoms with E-state index in [0.717, 1.165) is 25.1 Å². The molecule has 0 aromatic carbocycles. The van der Waals surface area contributed by atoms with Crippen LogP contribution in [-0.4, -0.2) is 51.3 Å². The molecule has 3 aromatic heterocycles. The minimum Gasteiger partial charge on any atom is -0.375 e. The summed E-state index contributed by atoms with van der Waals surface area (Å²) in [6.45, 7) is 4.09. The van der Waals surface area contributed by atoms with Gasteiger partial charge in [-0.3, -0.25) is 9.78 Å². The fourth-order valence-corrected chi connectivity index (χ4v) is 2.89. The number of imidazole rings is 1. The molecular formula is C17H17FN6O2. The van der Waals surface area contributed by atoms with Gasteiger partial charge in [-0.25, -0.2) is 13.9 Å². The quantitative estimate of drug-likeness (QED) is 0.770. The molecule has 26 heavy (non-hydrogen) atoms. The van der Waals surface area contributed by atoms with Gasteiger partial charge in [0.2, 0.25) is 0 Å². The van der Waals surface area contributed by atoms with Crippen molar-refractivity contribution in [3.8, 4) is 0 Å². The van der Waals surface area contributed by atoms with Gasteiger partial charge in [0.05, 0.1) is 37.0 Å². The second-order valence-corrected chi connectivity index (χ2v) is 6.08. The Balaban J connectivity index is 1.63. The number of aromatic nitrogens is 4. The lowest BCUT2D eigenvalue weighted by Crippen LogP contribution is -2.41. The normalized spacial score (nSPS) is 17.5. The molecule has 0 spiro atoms. The van der Waals surface area contributed by atoms with E-state index in [1.807, 2.05) is 19.1 Å². The second-order valence-electron chi connectivity index (χ2n) is 6.08. The second kappa shape index (κ2) is 6.68. The molecule has 1 N–H and O–H groups in total. The zero-order valence-corrected chi connectivity index (χ0v) is 14.1. The largest absolute Gasteiger partial charge is 0.375 e. The van der Waals surface area contributed by atoms with Crippen molar-refractivity contribution in [2.24, 2.45) is 0 Å². The van der Waals surface area contributed by atoms with E-state index in [4.69, 9.17) is 4.74 Å². The van der Waals surface area contributed by atoms with Crippen molar-refractivity contribution in [3.05, 3.63) is 48.3 Å². The Hall–Kier alpha value is -3.07. The lowest BCUT2D eigenvalue weighted by atomic mass is 10.3. The third-order valence-corrected chi connectivity index (χ3v) is 4.11. The number of hydrogen-bond acceptors (Lipinski definition) is 6. The minimum atomic E-state index is -0.525. The fraction of sp³-hybridized carbons (Fsp3) is 0.294. The lowest BCUT2D eigenvalue weighted by Gasteiger charge is -2.31. The van der Waals surface area contributed by atoms with Crippen molar-refractivity contribution in [1.29, 1.82) is 0 Å². The molecule has 134 valence electrons. The summed E-state index contributed by atoms with van der Waals surface area (Å²) in [4.78, 5) is 22.6. The summed E-state index contributed by atoms with van der Waals surface area (Å²) in [5.41, 5.74) is 1.08. The maximum absolute atomic E-state index is 13.2. The number of halogens is 1. The lowest BCUT2D eigenvalue weighted by molar-refractivity contribution is 0.0528. The molecule has 0 radical (unpaired) electrons. The van der Waals surface area contributed by atoms with Crippen LogP contribution in [0.1, 0.15) is 17.4 Å². The van der Waals surface area contributed by atoms with Crippen molar-refractivity contribution in [2.75, 3.05) is 29.9 Å². The van der Waals surface area contributed by atoms with Gasteiger partial charge in [0.25, 0.3) is 5.91 Å². The average Bonchev–Trinajstić information content (AvgIpc) is 3.05. The van der Waals surface area contributed by atoms with Crippen molar-refractivity contribution in [2.45, 2.75) is 13.0 Å².